The minimum absolute atomic E-state index is 0.0520. The van der Waals surface area contributed by atoms with Gasteiger partial charge in [0.15, 0.2) is 17.5 Å². The van der Waals surface area contributed by atoms with E-state index in [4.69, 9.17) is 21.3 Å². The first-order valence-electron chi connectivity index (χ1n) is 18.8. The number of nitrogens with zero attached hydrogens (tertiary/aromatic N) is 6. The van der Waals surface area contributed by atoms with Crippen LogP contribution < -0.4 is 10.6 Å². The minimum Gasteiger partial charge on any atom is -0.469 e. The molecule has 2 fully saturated rings. The van der Waals surface area contributed by atoms with E-state index in [1.54, 1.807) is 24.3 Å². The molecule has 0 unspecified atom stereocenters. The fraction of sp³-hybridized carbons (Fsp3) is 0.415. The summed E-state index contributed by atoms with van der Waals surface area (Å²) in [5, 5.41) is 16.0. The van der Waals surface area contributed by atoms with Crippen molar-refractivity contribution in [2.24, 2.45) is 17.9 Å². The lowest BCUT2D eigenvalue weighted by Gasteiger charge is -2.32. The Hall–Kier alpha value is -5.05. The van der Waals surface area contributed by atoms with Gasteiger partial charge in [0.25, 0.3) is 12.3 Å². The molecule has 292 valence electrons. The summed E-state index contributed by atoms with van der Waals surface area (Å²) in [7, 11) is 3.36. The summed E-state index contributed by atoms with van der Waals surface area (Å²) in [5.74, 6) is -0.698. The van der Waals surface area contributed by atoms with Crippen LogP contribution in [-0.4, -0.2) is 66.6 Å². The molecule has 12 nitrogen and oxygen atoms in total. The van der Waals surface area contributed by atoms with Gasteiger partial charge in [0.2, 0.25) is 0 Å². The zero-order valence-corrected chi connectivity index (χ0v) is 32.2. The van der Waals surface area contributed by atoms with Gasteiger partial charge in [-0.15, -0.1) is 0 Å². The average Bonchev–Trinajstić information content (AvgIpc) is 3.88. The van der Waals surface area contributed by atoms with Crippen molar-refractivity contribution in [3.63, 3.8) is 0 Å². The molecule has 1 aliphatic heterocycles. The van der Waals surface area contributed by atoms with Crippen LogP contribution in [0.4, 0.5) is 26.0 Å². The standard InChI is InChI=1S/C41H43ClF2N8O4/c1-23-25(6-4-8-27(23)46-35-33-29(18-24(21-53)19-45-33)47-36(50-35)34(43)44)26-7-5-9-28(32(26)42)49-38(54)37-48-30-20-52(16-10-31(30)51(37)2)17-15-40-11-13-41(22-40,14-12-40)39(55)56-3/h4-9,18-19,34,53H,10-17,20-22H2,1-3H3,(H,49,54)(H,46,47,50). The molecule has 8 rings (SSSR count). The third kappa shape index (κ3) is 6.77. The van der Waals surface area contributed by atoms with Gasteiger partial charge in [0.1, 0.15) is 5.52 Å². The zero-order chi connectivity index (χ0) is 39.4. The second-order valence-electron chi connectivity index (χ2n) is 15.4. The Kier molecular flexibility index (Phi) is 10.00. The van der Waals surface area contributed by atoms with E-state index in [0.717, 1.165) is 80.6 Å². The molecule has 4 heterocycles. The van der Waals surface area contributed by atoms with Gasteiger partial charge in [-0.1, -0.05) is 35.9 Å². The molecule has 3 aliphatic rings. The molecule has 0 saturated heterocycles. The van der Waals surface area contributed by atoms with E-state index in [1.807, 2.05) is 30.7 Å². The van der Waals surface area contributed by atoms with Crippen molar-refractivity contribution in [2.75, 3.05) is 30.8 Å². The molecule has 2 aromatic carbocycles. The molecule has 2 saturated carbocycles. The third-order valence-corrected chi connectivity index (χ3v) is 12.6. The summed E-state index contributed by atoms with van der Waals surface area (Å²) < 4.78 is 34.6. The van der Waals surface area contributed by atoms with E-state index in [9.17, 15) is 23.5 Å². The molecule has 56 heavy (non-hydrogen) atoms. The SMILES string of the molecule is COC(=O)C12CCC(CCN3CCc4c(nc(C(=O)Nc5cccc(-c6cccc(Nc7nc(C(F)F)nc8cc(CO)cnc78)c6C)c5Cl)n4C)C3)(CC1)C2. The fourth-order valence-electron chi connectivity index (χ4n) is 9.09. The Morgan fingerprint density at radius 3 is 2.54 bits per heavy atom. The van der Waals surface area contributed by atoms with Crippen molar-refractivity contribution in [3.8, 4) is 11.1 Å². The van der Waals surface area contributed by atoms with Gasteiger partial charge in [-0.3, -0.25) is 19.5 Å². The predicted molar refractivity (Wildman–Crippen MR) is 208 cm³/mol. The molecule has 3 aromatic heterocycles. The number of hydrogen-bond acceptors (Lipinski definition) is 10. The van der Waals surface area contributed by atoms with E-state index in [-0.39, 0.29) is 46.2 Å². The Morgan fingerprint density at radius 1 is 1.05 bits per heavy atom. The average molecular weight is 785 g/mol. The van der Waals surface area contributed by atoms with Gasteiger partial charge >= 0.3 is 5.97 Å². The summed E-state index contributed by atoms with van der Waals surface area (Å²) in [4.78, 5) is 45.9. The number of aromatic nitrogens is 5. The van der Waals surface area contributed by atoms with Gasteiger partial charge in [0.05, 0.1) is 41.1 Å². The largest absolute Gasteiger partial charge is 0.469 e. The van der Waals surface area contributed by atoms with E-state index in [0.29, 0.717) is 39.9 Å². The topological polar surface area (TPSA) is 147 Å². The molecule has 15 heteroatoms. The molecule has 2 aliphatic carbocycles. The van der Waals surface area contributed by atoms with Crippen molar-refractivity contribution in [1.29, 1.82) is 0 Å². The molecular weight excluding hydrogens is 742 g/mol. The number of pyridine rings is 1. The number of nitrogens with one attached hydrogen (secondary N) is 2. The fourth-order valence-corrected chi connectivity index (χ4v) is 9.36. The van der Waals surface area contributed by atoms with Crippen LogP contribution in [0.1, 0.15) is 83.9 Å². The number of anilines is 3. The molecule has 0 radical (unpaired) electrons. The summed E-state index contributed by atoms with van der Waals surface area (Å²) in [5.41, 5.74) is 5.86. The zero-order valence-electron chi connectivity index (χ0n) is 31.5. The smallest absolute Gasteiger partial charge is 0.311 e. The van der Waals surface area contributed by atoms with Crippen LogP contribution in [0, 0.1) is 17.8 Å². The quantitative estimate of drug-likeness (QED) is 0.114. The number of carbonyl (C=O) groups is 2. The first-order valence-corrected chi connectivity index (χ1v) is 19.2. The lowest BCUT2D eigenvalue weighted by Crippen LogP contribution is -2.34. The van der Waals surface area contributed by atoms with Crippen molar-refractivity contribution < 1.29 is 28.2 Å². The van der Waals surface area contributed by atoms with E-state index in [2.05, 4.69) is 30.5 Å². The van der Waals surface area contributed by atoms with Gasteiger partial charge < -0.3 is 25.0 Å². The number of aliphatic hydroxyl groups is 1. The number of alkyl halides is 2. The number of aliphatic hydroxyl groups excluding tert-OH is 1. The number of ether oxygens (including phenoxy) is 1. The number of carbonyl (C=O) groups excluding carboxylic acids is 2. The van der Waals surface area contributed by atoms with Crippen LogP contribution in [-0.2, 0) is 36.2 Å². The van der Waals surface area contributed by atoms with Gasteiger partial charge in [-0.25, -0.2) is 23.7 Å². The highest BCUT2D eigenvalue weighted by Gasteiger charge is 2.58. The molecule has 0 atom stereocenters. The van der Waals surface area contributed by atoms with Crippen LogP contribution in [0.5, 0.6) is 0 Å². The van der Waals surface area contributed by atoms with Crippen molar-refractivity contribution in [3.05, 3.63) is 87.8 Å². The lowest BCUT2D eigenvalue weighted by atomic mass is 9.80. The molecule has 0 spiro atoms. The summed E-state index contributed by atoms with van der Waals surface area (Å²) in [6.07, 6.45) is 5.22. The van der Waals surface area contributed by atoms with Crippen LogP contribution in [0.3, 0.4) is 0 Å². The minimum atomic E-state index is -2.92. The Balaban J connectivity index is 0.979. The maximum Gasteiger partial charge on any atom is 0.311 e. The number of hydrogen-bond donors (Lipinski definition) is 3. The first-order chi connectivity index (χ1) is 26.9. The van der Waals surface area contributed by atoms with E-state index < -0.39 is 12.2 Å². The number of amides is 1. The maximum absolute atomic E-state index is 13.8. The van der Waals surface area contributed by atoms with Crippen molar-refractivity contribution >= 4 is 51.7 Å². The summed E-state index contributed by atoms with van der Waals surface area (Å²) in [6, 6.07) is 12.4. The van der Waals surface area contributed by atoms with Gasteiger partial charge in [0, 0.05) is 49.7 Å². The number of rotatable bonds is 11. The normalized spacial score (nSPS) is 20.4. The predicted octanol–water partition coefficient (Wildman–Crippen LogP) is 7.68. The summed E-state index contributed by atoms with van der Waals surface area (Å²) in [6.45, 7) is 4.00. The molecule has 3 N–H and O–H groups in total. The number of fused-ring (bicyclic) bond motifs is 4. The highest BCUT2D eigenvalue weighted by atomic mass is 35.5. The lowest BCUT2D eigenvalue weighted by molar-refractivity contribution is -0.152. The second kappa shape index (κ2) is 14.8. The van der Waals surface area contributed by atoms with Crippen LogP contribution in [0.25, 0.3) is 22.2 Å². The monoisotopic (exact) mass is 784 g/mol. The summed E-state index contributed by atoms with van der Waals surface area (Å²) >= 11 is 7.00. The maximum atomic E-state index is 13.8. The van der Waals surface area contributed by atoms with Gasteiger partial charge in [-0.05, 0) is 92.3 Å². The third-order valence-electron chi connectivity index (χ3n) is 12.2. The Labute approximate surface area is 327 Å². The highest BCUT2D eigenvalue weighted by Crippen LogP contribution is 2.63. The number of methoxy groups -OCH3 is 1. The number of imidazole rings is 1. The van der Waals surface area contributed by atoms with Gasteiger partial charge in [-0.2, -0.15) is 0 Å². The van der Waals surface area contributed by atoms with Crippen LogP contribution in [0.15, 0.2) is 48.7 Å². The number of esters is 1. The van der Waals surface area contributed by atoms with Crippen molar-refractivity contribution in [2.45, 2.75) is 71.4 Å². The van der Waals surface area contributed by atoms with E-state index in [1.165, 1.54) is 19.4 Å². The number of halogens is 3. The molecule has 5 aromatic rings. The Morgan fingerprint density at radius 2 is 1.80 bits per heavy atom. The second-order valence-corrected chi connectivity index (χ2v) is 15.8. The van der Waals surface area contributed by atoms with E-state index >= 15 is 0 Å². The molecule has 1 amide bonds. The molecule has 2 bridgehead atoms. The number of benzene rings is 2. The van der Waals surface area contributed by atoms with Crippen LogP contribution in [0.2, 0.25) is 5.02 Å². The van der Waals surface area contributed by atoms with Crippen LogP contribution >= 0.6 is 11.6 Å². The highest BCUT2D eigenvalue weighted by molar-refractivity contribution is 6.36. The first kappa shape index (κ1) is 37.9. The van der Waals surface area contributed by atoms with Crippen molar-refractivity contribution in [1.82, 2.24) is 29.4 Å². The molecular formula is C41H43ClF2N8O4. The Bertz CT molecular complexity index is 2360.